The van der Waals surface area contributed by atoms with E-state index in [1.54, 1.807) is 0 Å². The number of primary amides is 1. The van der Waals surface area contributed by atoms with Gasteiger partial charge in [-0.05, 0) is 37.5 Å². The minimum Gasteiger partial charge on any atom is -0.370 e. The van der Waals surface area contributed by atoms with Gasteiger partial charge in [0.05, 0.1) is 17.2 Å². The summed E-state index contributed by atoms with van der Waals surface area (Å²) in [5.41, 5.74) is 8.07. The summed E-state index contributed by atoms with van der Waals surface area (Å²) in [5.74, 6) is -0.350. The van der Waals surface area contributed by atoms with Crippen LogP contribution in [0.1, 0.15) is 24.0 Å². The second kappa shape index (κ2) is 5.09. The maximum absolute atomic E-state index is 11.3. The molecule has 2 N–H and O–H groups in total. The smallest absolute Gasteiger partial charge is 0.222 e. The van der Waals surface area contributed by atoms with Gasteiger partial charge in [0, 0.05) is 13.1 Å². The highest BCUT2D eigenvalue weighted by atomic mass is 16.1. The van der Waals surface area contributed by atoms with Gasteiger partial charge in [0.25, 0.3) is 0 Å². The molecule has 1 saturated heterocycles. The fourth-order valence-electron chi connectivity index (χ4n) is 2.43. The van der Waals surface area contributed by atoms with Crippen LogP contribution in [-0.2, 0) is 4.79 Å². The molecule has 1 aromatic rings. The Labute approximate surface area is 107 Å². The fourth-order valence-corrected chi connectivity index (χ4v) is 2.43. The molecule has 1 aliphatic heterocycles. The highest BCUT2D eigenvalue weighted by molar-refractivity contribution is 5.78. The summed E-state index contributed by atoms with van der Waals surface area (Å²) in [5, 5.41) is 9.15. The van der Waals surface area contributed by atoms with Gasteiger partial charge in [0.15, 0.2) is 0 Å². The van der Waals surface area contributed by atoms with E-state index in [-0.39, 0.29) is 11.8 Å². The molecule has 0 radical (unpaired) electrons. The van der Waals surface area contributed by atoms with Gasteiger partial charge in [-0.1, -0.05) is 6.07 Å². The number of carbonyl (C=O) groups excluding carboxylic acids is 1. The van der Waals surface area contributed by atoms with Crippen LogP contribution in [-0.4, -0.2) is 19.0 Å². The normalized spacial score (nSPS) is 19.3. The molecule has 4 nitrogen and oxygen atoms in total. The average molecular weight is 243 g/mol. The highest BCUT2D eigenvalue weighted by Gasteiger charge is 2.25. The van der Waals surface area contributed by atoms with E-state index in [0.29, 0.717) is 12.1 Å². The largest absolute Gasteiger partial charge is 0.370 e. The zero-order valence-corrected chi connectivity index (χ0v) is 10.5. The van der Waals surface area contributed by atoms with Gasteiger partial charge in [-0.15, -0.1) is 0 Å². The van der Waals surface area contributed by atoms with Gasteiger partial charge in [-0.3, -0.25) is 4.79 Å². The van der Waals surface area contributed by atoms with Crippen LogP contribution in [0.2, 0.25) is 0 Å². The van der Waals surface area contributed by atoms with E-state index in [1.807, 2.05) is 25.1 Å². The molecule has 0 spiro atoms. The first-order valence-electron chi connectivity index (χ1n) is 6.17. The number of anilines is 1. The molecule has 1 heterocycles. The lowest BCUT2D eigenvalue weighted by Gasteiger charge is -2.33. The van der Waals surface area contributed by atoms with Crippen molar-refractivity contribution >= 4 is 11.6 Å². The van der Waals surface area contributed by atoms with E-state index in [4.69, 9.17) is 11.0 Å². The molecule has 2 rings (SSSR count). The van der Waals surface area contributed by atoms with Crippen LogP contribution in [0.3, 0.4) is 0 Å². The number of hydrogen-bond acceptors (Lipinski definition) is 3. The Morgan fingerprint density at radius 3 is 3.00 bits per heavy atom. The van der Waals surface area contributed by atoms with Crippen LogP contribution in [0.25, 0.3) is 0 Å². The lowest BCUT2D eigenvalue weighted by Crippen LogP contribution is -2.41. The van der Waals surface area contributed by atoms with Crippen LogP contribution in [0.5, 0.6) is 0 Å². The third kappa shape index (κ3) is 2.45. The minimum atomic E-state index is -0.245. The number of hydrogen-bond donors (Lipinski definition) is 1. The van der Waals surface area contributed by atoms with Crippen molar-refractivity contribution in [3.8, 4) is 6.07 Å². The first kappa shape index (κ1) is 12.4. The summed E-state index contributed by atoms with van der Waals surface area (Å²) < 4.78 is 0. The number of nitrogens with two attached hydrogens (primary N) is 1. The Balaban J connectivity index is 2.28. The third-order valence-corrected chi connectivity index (χ3v) is 3.44. The van der Waals surface area contributed by atoms with Crippen molar-refractivity contribution in [3.63, 3.8) is 0 Å². The molecule has 0 aliphatic carbocycles. The summed E-state index contributed by atoms with van der Waals surface area (Å²) in [6.07, 6.45) is 1.78. The molecule has 4 heteroatoms. The number of aryl methyl sites for hydroxylation is 1. The van der Waals surface area contributed by atoms with Crippen molar-refractivity contribution in [2.24, 2.45) is 11.7 Å². The van der Waals surface area contributed by atoms with Crippen LogP contribution >= 0.6 is 0 Å². The Hall–Kier alpha value is -2.02. The number of nitrogens with zero attached hydrogens (tertiary/aromatic N) is 2. The second-order valence-electron chi connectivity index (χ2n) is 4.82. The van der Waals surface area contributed by atoms with Crippen LogP contribution in [0.15, 0.2) is 18.2 Å². The quantitative estimate of drug-likeness (QED) is 0.857. The molecular weight excluding hydrogens is 226 g/mol. The summed E-state index contributed by atoms with van der Waals surface area (Å²) >= 11 is 0. The Bertz CT molecular complexity index is 504. The zero-order valence-electron chi connectivity index (χ0n) is 10.5. The molecule has 94 valence electrons. The third-order valence-electron chi connectivity index (χ3n) is 3.44. The molecule has 0 aromatic heterocycles. The molecule has 18 heavy (non-hydrogen) atoms. The summed E-state index contributed by atoms with van der Waals surface area (Å²) in [4.78, 5) is 13.4. The standard InChI is InChI=1S/C14H17N3O/c1-10-4-5-11(8-15)13(7-10)17-6-2-3-12(9-17)14(16)18/h4-5,7,12H,2-3,6,9H2,1H3,(H2,16,18). The highest BCUT2D eigenvalue weighted by Crippen LogP contribution is 2.27. The van der Waals surface area contributed by atoms with Gasteiger partial charge in [-0.25, -0.2) is 0 Å². The Morgan fingerprint density at radius 1 is 1.56 bits per heavy atom. The topological polar surface area (TPSA) is 70.1 Å². The average Bonchev–Trinajstić information content (AvgIpc) is 2.39. The number of amides is 1. The van der Waals surface area contributed by atoms with Crippen LogP contribution in [0, 0.1) is 24.2 Å². The van der Waals surface area contributed by atoms with Crippen LogP contribution < -0.4 is 10.6 Å². The maximum atomic E-state index is 11.3. The first-order valence-corrected chi connectivity index (χ1v) is 6.17. The molecule has 1 amide bonds. The SMILES string of the molecule is Cc1ccc(C#N)c(N2CCCC(C(N)=O)C2)c1. The van der Waals surface area contributed by atoms with E-state index in [2.05, 4.69) is 11.0 Å². The summed E-state index contributed by atoms with van der Waals surface area (Å²) in [6, 6.07) is 7.97. The molecule has 1 aromatic carbocycles. The molecule has 0 bridgehead atoms. The van der Waals surface area contributed by atoms with E-state index < -0.39 is 0 Å². The van der Waals surface area contributed by atoms with E-state index >= 15 is 0 Å². The predicted octanol–water partition coefficient (Wildman–Crippen LogP) is 1.57. The molecular formula is C14H17N3O. The van der Waals surface area contributed by atoms with Gasteiger partial charge in [0.2, 0.25) is 5.91 Å². The minimum absolute atomic E-state index is 0.106. The fraction of sp³-hybridized carbons (Fsp3) is 0.429. The monoisotopic (exact) mass is 243 g/mol. The van der Waals surface area contributed by atoms with Gasteiger partial charge in [0.1, 0.15) is 6.07 Å². The molecule has 1 unspecified atom stereocenters. The number of rotatable bonds is 2. The Morgan fingerprint density at radius 2 is 2.33 bits per heavy atom. The number of nitriles is 1. The lowest BCUT2D eigenvalue weighted by atomic mass is 9.96. The van der Waals surface area contributed by atoms with Crippen molar-refractivity contribution in [3.05, 3.63) is 29.3 Å². The van der Waals surface area contributed by atoms with Gasteiger partial charge < -0.3 is 10.6 Å². The number of carbonyl (C=O) groups is 1. The summed E-state index contributed by atoms with van der Waals surface area (Å²) in [6.45, 7) is 3.50. The van der Waals surface area contributed by atoms with E-state index in [9.17, 15) is 4.79 Å². The Kier molecular flexibility index (Phi) is 3.52. The molecule has 1 fully saturated rings. The zero-order chi connectivity index (χ0) is 13.1. The number of benzene rings is 1. The summed E-state index contributed by atoms with van der Waals surface area (Å²) in [7, 11) is 0. The van der Waals surface area contributed by atoms with Crippen molar-refractivity contribution < 1.29 is 4.79 Å². The molecule has 0 saturated carbocycles. The van der Waals surface area contributed by atoms with Crippen molar-refractivity contribution in [1.29, 1.82) is 5.26 Å². The first-order chi connectivity index (χ1) is 8.61. The molecule has 1 aliphatic rings. The van der Waals surface area contributed by atoms with Crippen molar-refractivity contribution in [2.75, 3.05) is 18.0 Å². The molecule has 1 atom stereocenters. The lowest BCUT2D eigenvalue weighted by molar-refractivity contribution is -0.122. The second-order valence-corrected chi connectivity index (χ2v) is 4.82. The predicted molar refractivity (Wildman–Crippen MR) is 70.0 cm³/mol. The number of piperidine rings is 1. The van der Waals surface area contributed by atoms with E-state index in [1.165, 1.54) is 0 Å². The maximum Gasteiger partial charge on any atom is 0.222 e. The van der Waals surface area contributed by atoms with Gasteiger partial charge >= 0.3 is 0 Å². The van der Waals surface area contributed by atoms with Gasteiger partial charge in [-0.2, -0.15) is 5.26 Å². The van der Waals surface area contributed by atoms with Crippen molar-refractivity contribution in [2.45, 2.75) is 19.8 Å². The van der Waals surface area contributed by atoms with E-state index in [0.717, 1.165) is 30.6 Å². The van der Waals surface area contributed by atoms with Crippen molar-refractivity contribution in [1.82, 2.24) is 0 Å². The van der Waals surface area contributed by atoms with Crippen LogP contribution in [0.4, 0.5) is 5.69 Å².